The molecule has 1 saturated heterocycles. The predicted molar refractivity (Wildman–Crippen MR) is 73.3 cm³/mol. The van der Waals surface area contributed by atoms with E-state index in [-0.39, 0.29) is 11.9 Å². The number of halogens is 1. The Labute approximate surface area is 114 Å². The summed E-state index contributed by atoms with van der Waals surface area (Å²) in [6.07, 6.45) is 2.23. The Balaban J connectivity index is 1.65. The monoisotopic (exact) mass is 275 g/mol. The molecule has 2 N–H and O–H groups in total. The third-order valence-corrected chi connectivity index (χ3v) is 3.30. The first-order chi connectivity index (χ1) is 9.70. The van der Waals surface area contributed by atoms with E-state index in [0.717, 1.165) is 25.2 Å². The SMILES string of the molecule is O=c1nc(N[C@@H]2CCN(c3ccc(F)cc3)C2)nc[nH]1. The molecule has 1 aliphatic rings. The molecule has 0 amide bonds. The van der Waals surface area contributed by atoms with Gasteiger partial charge < -0.3 is 10.2 Å². The number of hydrogen-bond acceptors (Lipinski definition) is 5. The van der Waals surface area contributed by atoms with Crippen molar-refractivity contribution < 1.29 is 4.39 Å². The molecule has 1 aromatic carbocycles. The maximum Gasteiger partial charge on any atom is 0.349 e. The second kappa shape index (κ2) is 5.28. The number of rotatable bonds is 3. The summed E-state index contributed by atoms with van der Waals surface area (Å²) < 4.78 is 12.9. The van der Waals surface area contributed by atoms with Gasteiger partial charge in [0.05, 0.1) is 0 Å². The molecule has 1 atom stereocenters. The molecule has 0 spiro atoms. The summed E-state index contributed by atoms with van der Waals surface area (Å²) in [5.41, 5.74) is 0.568. The van der Waals surface area contributed by atoms with Crippen LogP contribution in [0.1, 0.15) is 6.42 Å². The molecule has 1 fully saturated rings. The zero-order valence-corrected chi connectivity index (χ0v) is 10.7. The molecule has 0 bridgehead atoms. The molecule has 0 unspecified atom stereocenters. The molecule has 2 aromatic rings. The fourth-order valence-corrected chi connectivity index (χ4v) is 2.32. The summed E-state index contributed by atoms with van der Waals surface area (Å²) in [4.78, 5) is 23.3. The van der Waals surface area contributed by atoms with Gasteiger partial charge in [0, 0.05) is 24.8 Å². The van der Waals surface area contributed by atoms with Gasteiger partial charge in [-0.2, -0.15) is 4.98 Å². The van der Waals surface area contributed by atoms with E-state index >= 15 is 0 Å². The Hall–Kier alpha value is -2.44. The van der Waals surface area contributed by atoms with Crippen molar-refractivity contribution in [2.24, 2.45) is 0 Å². The van der Waals surface area contributed by atoms with Crippen LogP contribution in [-0.2, 0) is 0 Å². The normalized spacial score (nSPS) is 18.2. The minimum Gasteiger partial charge on any atom is -0.369 e. The predicted octanol–water partition coefficient (Wildman–Crippen LogP) is 0.995. The molecule has 1 aliphatic heterocycles. The summed E-state index contributed by atoms with van der Waals surface area (Å²) in [6.45, 7) is 1.63. The van der Waals surface area contributed by atoms with Crippen molar-refractivity contribution in [1.82, 2.24) is 15.0 Å². The van der Waals surface area contributed by atoms with Gasteiger partial charge in [0.1, 0.15) is 12.1 Å². The molecule has 20 heavy (non-hydrogen) atoms. The molecule has 7 heteroatoms. The summed E-state index contributed by atoms with van der Waals surface area (Å²) in [6, 6.07) is 6.61. The topological polar surface area (TPSA) is 73.9 Å². The first-order valence-electron chi connectivity index (χ1n) is 6.39. The zero-order valence-electron chi connectivity index (χ0n) is 10.7. The van der Waals surface area contributed by atoms with Crippen LogP contribution >= 0.6 is 0 Å². The van der Waals surface area contributed by atoms with E-state index in [0.29, 0.717) is 5.95 Å². The lowest BCUT2D eigenvalue weighted by molar-refractivity contribution is 0.627. The highest BCUT2D eigenvalue weighted by Gasteiger charge is 2.23. The number of nitrogens with zero attached hydrogens (tertiary/aromatic N) is 3. The molecule has 0 aliphatic carbocycles. The lowest BCUT2D eigenvalue weighted by Crippen LogP contribution is -2.27. The first-order valence-corrected chi connectivity index (χ1v) is 6.39. The molecule has 3 rings (SSSR count). The molecular weight excluding hydrogens is 261 g/mol. The molecule has 104 valence electrons. The van der Waals surface area contributed by atoms with E-state index in [4.69, 9.17) is 0 Å². The van der Waals surface area contributed by atoms with Gasteiger partial charge >= 0.3 is 5.69 Å². The van der Waals surface area contributed by atoms with E-state index in [1.54, 1.807) is 12.1 Å². The standard InChI is InChI=1S/C13H14FN5O/c14-9-1-3-11(4-2-9)19-6-5-10(7-19)17-12-15-8-16-13(20)18-12/h1-4,8,10H,5-7H2,(H2,15,16,17,18,20)/t10-/m1/s1. The van der Waals surface area contributed by atoms with Crippen LogP contribution in [0.5, 0.6) is 0 Å². The average molecular weight is 275 g/mol. The second-order valence-corrected chi connectivity index (χ2v) is 4.70. The number of nitrogens with one attached hydrogen (secondary N) is 2. The number of aromatic amines is 1. The van der Waals surface area contributed by atoms with Gasteiger partial charge in [0.15, 0.2) is 0 Å². The molecule has 1 aromatic heterocycles. The number of benzene rings is 1. The lowest BCUT2D eigenvalue weighted by atomic mass is 10.3. The quantitative estimate of drug-likeness (QED) is 0.874. The van der Waals surface area contributed by atoms with Crippen LogP contribution in [0.4, 0.5) is 16.0 Å². The van der Waals surface area contributed by atoms with E-state index < -0.39 is 5.69 Å². The Bertz CT molecular complexity index is 642. The van der Waals surface area contributed by atoms with E-state index in [2.05, 4.69) is 25.2 Å². The Morgan fingerprint density at radius 3 is 2.90 bits per heavy atom. The van der Waals surface area contributed by atoms with Gasteiger partial charge in [-0.15, -0.1) is 0 Å². The molecule has 0 saturated carbocycles. The van der Waals surface area contributed by atoms with Crippen molar-refractivity contribution in [3.05, 3.63) is 46.9 Å². The van der Waals surface area contributed by atoms with Gasteiger partial charge in [-0.1, -0.05) is 0 Å². The van der Waals surface area contributed by atoms with E-state index in [9.17, 15) is 9.18 Å². The summed E-state index contributed by atoms with van der Waals surface area (Å²) in [5.74, 6) is 0.0965. The third-order valence-electron chi connectivity index (χ3n) is 3.30. The molecule has 6 nitrogen and oxygen atoms in total. The van der Waals surface area contributed by atoms with Gasteiger partial charge in [-0.25, -0.2) is 14.2 Å². The fraction of sp³-hybridized carbons (Fsp3) is 0.308. The van der Waals surface area contributed by atoms with Gasteiger partial charge in [-0.05, 0) is 30.7 Å². The first kappa shape index (κ1) is 12.6. The Kier molecular flexibility index (Phi) is 3.32. The summed E-state index contributed by atoms with van der Waals surface area (Å²) in [5, 5.41) is 3.13. The number of hydrogen-bond donors (Lipinski definition) is 2. The average Bonchev–Trinajstić information content (AvgIpc) is 2.88. The van der Waals surface area contributed by atoms with E-state index in [1.165, 1.54) is 18.5 Å². The van der Waals surface area contributed by atoms with Crippen molar-refractivity contribution in [3.63, 3.8) is 0 Å². The van der Waals surface area contributed by atoms with Crippen molar-refractivity contribution in [2.75, 3.05) is 23.3 Å². The Morgan fingerprint density at radius 2 is 2.15 bits per heavy atom. The maximum absolute atomic E-state index is 12.9. The molecule has 0 radical (unpaired) electrons. The molecular formula is C13H14FN5O. The van der Waals surface area contributed by atoms with Crippen LogP contribution in [0.15, 0.2) is 35.4 Å². The van der Waals surface area contributed by atoms with Crippen LogP contribution in [-0.4, -0.2) is 34.1 Å². The highest BCUT2D eigenvalue weighted by Crippen LogP contribution is 2.21. The third kappa shape index (κ3) is 2.76. The maximum atomic E-state index is 12.9. The van der Waals surface area contributed by atoms with Crippen LogP contribution in [0.2, 0.25) is 0 Å². The summed E-state index contributed by atoms with van der Waals surface area (Å²) >= 11 is 0. The number of aromatic nitrogens is 3. The Morgan fingerprint density at radius 1 is 1.35 bits per heavy atom. The van der Waals surface area contributed by atoms with Crippen molar-refractivity contribution in [1.29, 1.82) is 0 Å². The van der Waals surface area contributed by atoms with E-state index in [1.807, 2.05) is 0 Å². The van der Waals surface area contributed by atoms with Crippen LogP contribution < -0.4 is 15.9 Å². The summed E-state index contributed by atoms with van der Waals surface area (Å²) in [7, 11) is 0. The highest BCUT2D eigenvalue weighted by molar-refractivity contribution is 5.48. The van der Waals surface area contributed by atoms with Gasteiger partial charge in [0.25, 0.3) is 0 Å². The van der Waals surface area contributed by atoms with Crippen molar-refractivity contribution >= 4 is 11.6 Å². The van der Waals surface area contributed by atoms with Gasteiger partial charge in [-0.3, -0.25) is 4.98 Å². The fourth-order valence-electron chi connectivity index (χ4n) is 2.32. The molecule has 2 heterocycles. The minimum absolute atomic E-state index is 0.168. The number of anilines is 2. The van der Waals surface area contributed by atoms with Crippen LogP contribution in [0.25, 0.3) is 0 Å². The van der Waals surface area contributed by atoms with Crippen molar-refractivity contribution in [2.45, 2.75) is 12.5 Å². The van der Waals surface area contributed by atoms with Crippen molar-refractivity contribution in [3.8, 4) is 0 Å². The lowest BCUT2D eigenvalue weighted by Gasteiger charge is -2.18. The largest absolute Gasteiger partial charge is 0.369 e. The van der Waals surface area contributed by atoms with Gasteiger partial charge in [0.2, 0.25) is 5.95 Å². The smallest absolute Gasteiger partial charge is 0.349 e. The van der Waals surface area contributed by atoms with Crippen LogP contribution in [0.3, 0.4) is 0 Å². The number of H-pyrrole nitrogens is 1. The second-order valence-electron chi connectivity index (χ2n) is 4.70. The highest BCUT2D eigenvalue weighted by atomic mass is 19.1. The minimum atomic E-state index is -0.420. The zero-order chi connectivity index (χ0) is 13.9. The van der Waals surface area contributed by atoms with Crippen LogP contribution in [0, 0.1) is 5.82 Å².